The lowest BCUT2D eigenvalue weighted by Crippen LogP contribution is -2.29. The van der Waals surface area contributed by atoms with E-state index in [4.69, 9.17) is 10.3 Å². The number of nitrogens with zero attached hydrogens (tertiary/aromatic N) is 1. The lowest BCUT2D eigenvalue weighted by Gasteiger charge is -2.13. The molecule has 0 fully saturated rings. The van der Waals surface area contributed by atoms with Crippen molar-refractivity contribution in [3.8, 4) is 0 Å². The first-order chi connectivity index (χ1) is 8.19. The molecule has 2 heterocycles. The maximum Gasteiger partial charge on any atom is 0.122 e. The minimum absolute atomic E-state index is 0.0419. The molecule has 3 N–H and O–H groups in total. The van der Waals surface area contributed by atoms with E-state index in [9.17, 15) is 0 Å². The highest BCUT2D eigenvalue weighted by atomic mass is 79.9. The first kappa shape index (κ1) is 12.3. The molecule has 0 saturated heterocycles. The number of nitrogens with two attached hydrogens (primary N) is 1. The molecule has 0 saturated carbocycles. The zero-order chi connectivity index (χ0) is 12.3. The fraction of sp³-hybridized carbons (Fsp3) is 0.250. The molecule has 1 atom stereocenters. The van der Waals surface area contributed by atoms with Crippen molar-refractivity contribution in [3.63, 3.8) is 0 Å². The number of halogens is 1. The van der Waals surface area contributed by atoms with Crippen molar-refractivity contribution in [2.45, 2.75) is 19.4 Å². The molecule has 2 aromatic rings. The molecule has 90 valence electrons. The number of rotatable bonds is 4. The van der Waals surface area contributed by atoms with Crippen LogP contribution >= 0.6 is 15.9 Å². The van der Waals surface area contributed by atoms with E-state index in [1.807, 2.05) is 31.3 Å². The maximum absolute atomic E-state index is 5.56. The number of pyridine rings is 1. The second-order valence-corrected chi connectivity index (χ2v) is 4.80. The Kier molecular flexibility index (Phi) is 3.93. The van der Waals surface area contributed by atoms with Crippen molar-refractivity contribution >= 4 is 15.9 Å². The van der Waals surface area contributed by atoms with Gasteiger partial charge in [-0.25, -0.2) is 5.43 Å². The minimum atomic E-state index is -0.0419. The van der Waals surface area contributed by atoms with Gasteiger partial charge in [0.25, 0.3) is 0 Å². The fourth-order valence-electron chi connectivity index (χ4n) is 1.69. The molecule has 5 heteroatoms. The summed E-state index contributed by atoms with van der Waals surface area (Å²) in [5, 5.41) is 0. The summed E-state index contributed by atoms with van der Waals surface area (Å²) in [5.74, 6) is 7.28. The minimum Gasteiger partial charge on any atom is -0.465 e. The molecule has 0 aliphatic rings. The number of hydrogen-bond acceptors (Lipinski definition) is 4. The van der Waals surface area contributed by atoms with Crippen LogP contribution in [0, 0.1) is 6.92 Å². The van der Waals surface area contributed by atoms with Gasteiger partial charge in [0.1, 0.15) is 11.5 Å². The van der Waals surface area contributed by atoms with Crippen LogP contribution in [0.1, 0.15) is 23.1 Å². The second kappa shape index (κ2) is 5.44. The van der Waals surface area contributed by atoms with Gasteiger partial charge in [-0.15, -0.1) is 0 Å². The van der Waals surface area contributed by atoms with Gasteiger partial charge in [0.05, 0.1) is 6.04 Å². The van der Waals surface area contributed by atoms with Gasteiger partial charge in [-0.05, 0) is 53.0 Å². The van der Waals surface area contributed by atoms with Crippen LogP contribution in [-0.4, -0.2) is 4.98 Å². The fourth-order valence-corrected chi connectivity index (χ4v) is 2.10. The standard InChI is InChI=1S/C12H14BrN3O/c1-8-2-3-12(17-8)11(16-14)5-9-4-10(13)7-15-6-9/h2-4,6-7,11,16H,5,14H2,1H3. The normalized spacial score (nSPS) is 12.6. The quantitative estimate of drug-likeness (QED) is 0.672. The van der Waals surface area contributed by atoms with Crippen LogP contribution in [0.25, 0.3) is 0 Å². The molecule has 2 rings (SSSR count). The Morgan fingerprint density at radius 2 is 2.29 bits per heavy atom. The number of furan rings is 1. The highest BCUT2D eigenvalue weighted by Gasteiger charge is 2.14. The Morgan fingerprint density at radius 1 is 1.47 bits per heavy atom. The van der Waals surface area contributed by atoms with Crippen LogP contribution < -0.4 is 11.3 Å². The largest absolute Gasteiger partial charge is 0.465 e. The first-order valence-electron chi connectivity index (χ1n) is 5.31. The van der Waals surface area contributed by atoms with Crippen molar-refractivity contribution in [3.05, 3.63) is 52.1 Å². The molecule has 0 aliphatic carbocycles. The topological polar surface area (TPSA) is 64.1 Å². The lowest BCUT2D eigenvalue weighted by atomic mass is 10.1. The van der Waals surface area contributed by atoms with E-state index in [1.165, 1.54) is 0 Å². The first-order valence-corrected chi connectivity index (χ1v) is 6.10. The van der Waals surface area contributed by atoms with Gasteiger partial charge in [0.15, 0.2) is 0 Å². The third kappa shape index (κ3) is 3.15. The van der Waals surface area contributed by atoms with Crippen molar-refractivity contribution in [1.82, 2.24) is 10.4 Å². The Labute approximate surface area is 108 Å². The monoisotopic (exact) mass is 295 g/mol. The van der Waals surface area contributed by atoms with Crippen molar-refractivity contribution in [2.75, 3.05) is 0 Å². The lowest BCUT2D eigenvalue weighted by molar-refractivity contribution is 0.403. The number of hydrogen-bond donors (Lipinski definition) is 2. The van der Waals surface area contributed by atoms with Gasteiger partial charge < -0.3 is 4.42 Å². The summed E-state index contributed by atoms with van der Waals surface area (Å²) < 4.78 is 6.52. The van der Waals surface area contributed by atoms with Gasteiger partial charge >= 0.3 is 0 Å². The SMILES string of the molecule is Cc1ccc(C(Cc2cncc(Br)c2)NN)o1. The maximum atomic E-state index is 5.56. The summed E-state index contributed by atoms with van der Waals surface area (Å²) >= 11 is 3.40. The predicted octanol–water partition coefficient (Wildman–Crippen LogP) is 2.49. The Morgan fingerprint density at radius 3 is 2.88 bits per heavy atom. The van der Waals surface area contributed by atoms with Crippen LogP contribution in [0.15, 0.2) is 39.5 Å². The van der Waals surface area contributed by atoms with Crippen molar-refractivity contribution in [2.24, 2.45) is 5.84 Å². The van der Waals surface area contributed by atoms with Crippen LogP contribution in [0.2, 0.25) is 0 Å². The predicted molar refractivity (Wildman–Crippen MR) is 69.2 cm³/mol. The van der Waals surface area contributed by atoms with E-state index in [0.29, 0.717) is 0 Å². The third-order valence-corrected chi connectivity index (χ3v) is 2.94. The Bertz CT molecular complexity index is 498. The molecule has 2 aromatic heterocycles. The van der Waals surface area contributed by atoms with Gasteiger partial charge in [0, 0.05) is 16.9 Å². The average molecular weight is 296 g/mol. The van der Waals surface area contributed by atoms with Crippen LogP contribution in [0.5, 0.6) is 0 Å². The zero-order valence-electron chi connectivity index (χ0n) is 9.48. The summed E-state index contributed by atoms with van der Waals surface area (Å²) in [6, 6.07) is 5.84. The summed E-state index contributed by atoms with van der Waals surface area (Å²) in [7, 11) is 0. The van der Waals surface area contributed by atoms with Crippen molar-refractivity contribution in [1.29, 1.82) is 0 Å². The molecule has 0 amide bonds. The number of nitrogens with one attached hydrogen (secondary N) is 1. The number of aryl methyl sites for hydroxylation is 1. The van der Waals surface area contributed by atoms with Crippen LogP contribution in [0.3, 0.4) is 0 Å². The van der Waals surface area contributed by atoms with E-state index in [1.54, 1.807) is 6.20 Å². The van der Waals surface area contributed by atoms with Gasteiger partial charge in [0.2, 0.25) is 0 Å². The van der Waals surface area contributed by atoms with Gasteiger partial charge in [-0.1, -0.05) is 0 Å². The highest BCUT2D eigenvalue weighted by molar-refractivity contribution is 9.10. The Balaban J connectivity index is 2.15. The highest BCUT2D eigenvalue weighted by Crippen LogP contribution is 2.21. The molecule has 0 radical (unpaired) electrons. The summed E-state index contributed by atoms with van der Waals surface area (Å²) in [6.07, 6.45) is 4.31. The molecule has 0 aromatic carbocycles. The van der Waals surface area contributed by atoms with Crippen molar-refractivity contribution < 1.29 is 4.42 Å². The van der Waals surface area contributed by atoms with E-state index in [-0.39, 0.29) is 6.04 Å². The van der Waals surface area contributed by atoms with E-state index >= 15 is 0 Å². The molecule has 0 spiro atoms. The smallest absolute Gasteiger partial charge is 0.122 e. The summed E-state index contributed by atoms with van der Waals surface area (Å²) in [5.41, 5.74) is 3.86. The molecule has 4 nitrogen and oxygen atoms in total. The summed E-state index contributed by atoms with van der Waals surface area (Å²) in [6.45, 7) is 1.91. The molecule has 0 aliphatic heterocycles. The zero-order valence-corrected chi connectivity index (χ0v) is 11.1. The Hall–Kier alpha value is -1.17. The summed E-state index contributed by atoms with van der Waals surface area (Å²) in [4.78, 5) is 4.12. The third-order valence-electron chi connectivity index (χ3n) is 2.51. The van der Waals surface area contributed by atoms with Gasteiger partial charge in [-0.3, -0.25) is 10.8 Å². The molecular weight excluding hydrogens is 282 g/mol. The molecule has 17 heavy (non-hydrogen) atoms. The number of hydrazine groups is 1. The molecular formula is C12H14BrN3O. The molecule has 0 bridgehead atoms. The second-order valence-electron chi connectivity index (χ2n) is 3.88. The van der Waals surface area contributed by atoms with E-state index in [2.05, 4.69) is 26.3 Å². The van der Waals surface area contributed by atoms with Gasteiger partial charge in [-0.2, -0.15) is 0 Å². The van der Waals surface area contributed by atoms with E-state index in [0.717, 1.165) is 28.0 Å². The molecule has 1 unspecified atom stereocenters. The average Bonchev–Trinajstić information content (AvgIpc) is 2.73. The van der Waals surface area contributed by atoms with E-state index < -0.39 is 0 Å². The number of aromatic nitrogens is 1. The van der Waals surface area contributed by atoms with Crippen LogP contribution in [-0.2, 0) is 6.42 Å². The van der Waals surface area contributed by atoms with Crippen LogP contribution in [0.4, 0.5) is 0 Å².